The van der Waals surface area contributed by atoms with Crippen LogP contribution in [0.4, 0.5) is 0 Å². The van der Waals surface area contributed by atoms with Crippen LogP contribution >= 0.6 is 0 Å². The number of rotatable bonds is 9. The summed E-state index contributed by atoms with van der Waals surface area (Å²) in [5.41, 5.74) is 0.191. The van der Waals surface area contributed by atoms with Gasteiger partial charge in [0.25, 0.3) is 0 Å². The lowest BCUT2D eigenvalue weighted by atomic mass is 9.87. The Balaban J connectivity index is 2.14. The number of hydrogen-bond acceptors (Lipinski definition) is 2. The molecule has 15 heavy (non-hydrogen) atoms. The normalized spacial score (nSPS) is 19.9. The van der Waals surface area contributed by atoms with Crippen molar-refractivity contribution in [2.24, 2.45) is 5.41 Å². The maximum atomic E-state index is 5.53. The Morgan fingerprint density at radius 2 is 2.20 bits per heavy atom. The molecule has 1 fully saturated rings. The van der Waals surface area contributed by atoms with E-state index in [1.165, 1.54) is 12.8 Å². The van der Waals surface area contributed by atoms with E-state index in [-0.39, 0.29) is 5.41 Å². The standard InChI is InChI=1S/C13H25NO/c1-4-9-15-10-8-13(3,5-2)11-14-12-6-7-12/h5,12,14H,2,4,6-11H2,1,3H3. The molecule has 88 valence electrons. The largest absolute Gasteiger partial charge is 0.381 e. The van der Waals surface area contributed by atoms with Crippen molar-refractivity contribution in [3.8, 4) is 0 Å². The van der Waals surface area contributed by atoms with Gasteiger partial charge >= 0.3 is 0 Å². The summed E-state index contributed by atoms with van der Waals surface area (Å²) in [6.07, 6.45) is 6.93. The van der Waals surface area contributed by atoms with Crippen molar-refractivity contribution in [2.45, 2.75) is 45.6 Å². The van der Waals surface area contributed by atoms with Crippen molar-refractivity contribution in [3.63, 3.8) is 0 Å². The number of hydrogen-bond donors (Lipinski definition) is 1. The van der Waals surface area contributed by atoms with Crippen molar-refractivity contribution < 1.29 is 4.74 Å². The fourth-order valence-corrected chi connectivity index (χ4v) is 1.48. The number of nitrogens with one attached hydrogen (secondary N) is 1. The zero-order valence-electron chi connectivity index (χ0n) is 10.2. The molecule has 1 aliphatic carbocycles. The molecule has 1 saturated carbocycles. The van der Waals surface area contributed by atoms with Crippen molar-refractivity contribution in [2.75, 3.05) is 19.8 Å². The van der Waals surface area contributed by atoms with E-state index in [9.17, 15) is 0 Å². The van der Waals surface area contributed by atoms with E-state index in [2.05, 4.69) is 31.8 Å². The predicted molar refractivity (Wildman–Crippen MR) is 65.1 cm³/mol. The van der Waals surface area contributed by atoms with Crippen LogP contribution in [-0.4, -0.2) is 25.8 Å². The summed E-state index contributed by atoms with van der Waals surface area (Å²) in [7, 11) is 0. The van der Waals surface area contributed by atoms with Gasteiger partial charge in [-0.15, -0.1) is 6.58 Å². The van der Waals surface area contributed by atoms with Gasteiger partial charge in [-0.2, -0.15) is 0 Å². The Morgan fingerprint density at radius 3 is 2.73 bits per heavy atom. The van der Waals surface area contributed by atoms with Crippen LogP contribution in [0.1, 0.15) is 39.5 Å². The molecule has 1 atom stereocenters. The molecule has 0 aromatic rings. The fraction of sp³-hybridized carbons (Fsp3) is 0.846. The Labute approximate surface area is 94.1 Å². The molecule has 0 aromatic carbocycles. The average molecular weight is 211 g/mol. The first-order chi connectivity index (χ1) is 7.20. The van der Waals surface area contributed by atoms with Gasteiger partial charge in [0.05, 0.1) is 0 Å². The van der Waals surface area contributed by atoms with E-state index >= 15 is 0 Å². The predicted octanol–water partition coefficient (Wildman–Crippen LogP) is 2.75. The van der Waals surface area contributed by atoms with Gasteiger partial charge in [0, 0.05) is 25.8 Å². The Kier molecular flexibility index (Phi) is 5.34. The molecule has 1 unspecified atom stereocenters. The molecule has 2 nitrogen and oxygen atoms in total. The van der Waals surface area contributed by atoms with Gasteiger partial charge in [-0.3, -0.25) is 0 Å². The maximum Gasteiger partial charge on any atom is 0.0474 e. The highest BCUT2D eigenvalue weighted by atomic mass is 16.5. The van der Waals surface area contributed by atoms with Gasteiger partial charge in [-0.25, -0.2) is 0 Å². The molecule has 0 aromatic heterocycles. The minimum Gasteiger partial charge on any atom is -0.381 e. The molecule has 0 radical (unpaired) electrons. The molecule has 1 N–H and O–H groups in total. The van der Waals surface area contributed by atoms with E-state index in [0.29, 0.717) is 0 Å². The zero-order valence-corrected chi connectivity index (χ0v) is 10.2. The van der Waals surface area contributed by atoms with Crippen LogP contribution in [0.5, 0.6) is 0 Å². The van der Waals surface area contributed by atoms with Crippen LogP contribution in [0.25, 0.3) is 0 Å². The van der Waals surface area contributed by atoms with Crippen LogP contribution in [0.15, 0.2) is 12.7 Å². The van der Waals surface area contributed by atoms with Crippen LogP contribution in [-0.2, 0) is 4.74 Å². The maximum absolute atomic E-state index is 5.53. The van der Waals surface area contributed by atoms with Crippen molar-refractivity contribution >= 4 is 0 Å². The third-order valence-corrected chi connectivity index (χ3v) is 3.03. The number of ether oxygens (including phenoxy) is 1. The first-order valence-electron chi connectivity index (χ1n) is 6.15. The molecular weight excluding hydrogens is 186 g/mol. The topological polar surface area (TPSA) is 21.3 Å². The molecule has 0 saturated heterocycles. The lowest BCUT2D eigenvalue weighted by Gasteiger charge is -2.26. The van der Waals surface area contributed by atoms with E-state index in [1.54, 1.807) is 0 Å². The first-order valence-corrected chi connectivity index (χ1v) is 6.15. The van der Waals surface area contributed by atoms with Crippen LogP contribution < -0.4 is 5.32 Å². The highest BCUT2D eigenvalue weighted by Gasteiger charge is 2.26. The average Bonchev–Trinajstić information content (AvgIpc) is 3.06. The van der Waals surface area contributed by atoms with Crippen molar-refractivity contribution in [1.82, 2.24) is 5.32 Å². The van der Waals surface area contributed by atoms with Crippen LogP contribution in [0.3, 0.4) is 0 Å². The molecule has 0 spiro atoms. The monoisotopic (exact) mass is 211 g/mol. The summed E-state index contributed by atoms with van der Waals surface area (Å²) in [4.78, 5) is 0. The minimum absolute atomic E-state index is 0.191. The lowest BCUT2D eigenvalue weighted by Crippen LogP contribution is -2.32. The summed E-state index contributed by atoms with van der Waals surface area (Å²) in [6, 6.07) is 0.779. The molecule has 1 rings (SSSR count). The van der Waals surface area contributed by atoms with E-state index in [0.717, 1.165) is 38.6 Å². The van der Waals surface area contributed by atoms with Crippen LogP contribution in [0.2, 0.25) is 0 Å². The van der Waals surface area contributed by atoms with Crippen LogP contribution in [0, 0.1) is 5.41 Å². The van der Waals surface area contributed by atoms with E-state index in [4.69, 9.17) is 4.74 Å². The summed E-state index contributed by atoms with van der Waals surface area (Å²) in [5, 5.41) is 3.56. The molecule has 1 aliphatic rings. The Bertz CT molecular complexity index is 189. The quantitative estimate of drug-likeness (QED) is 0.468. The van der Waals surface area contributed by atoms with Crippen molar-refractivity contribution in [1.29, 1.82) is 0 Å². The minimum atomic E-state index is 0.191. The first kappa shape index (κ1) is 12.7. The second-order valence-electron chi connectivity index (χ2n) is 4.88. The van der Waals surface area contributed by atoms with Gasteiger partial charge < -0.3 is 10.1 Å². The molecule has 0 amide bonds. The summed E-state index contributed by atoms with van der Waals surface area (Å²) in [6.45, 7) is 11.1. The van der Waals surface area contributed by atoms with E-state index in [1.807, 2.05) is 0 Å². The Morgan fingerprint density at radius 1 is 1.47 bits per heavy atom. The summed E-state index contributed by atoms with van der Waals surface area (Å²) < 4.78 is 5.53. The molecule has 0 heterocycles. The van der Waals surface area contributed by atoms with Gasteiger partial charge in [-0.1, -0.05) is 19.9 Å². The SMILES string of the molecule is C=CC(C)(CCOCCC)CNC1CC1. The van der Waals surface area contributed by atoms with Crippen molar-refractivity contribution in [3.05, 3.63) is 12.7 Å². The fourth-order valence-electron chi connectivity index (χ4n) is 1.48. The highest BCUT2D eigenvalue weighted by molar-refractivity contribution is 4.95. The van der Waals surface area contributed by atoms with Gasteiger partial charge in [-0.05, 0) is 31.1 Å². The molecule has 0 bridgehead atoms. The third kappa shape index (κ3) is 5.33. The van der Waals surface area contributed by atoms with E-state index < -0.39 is 0 Å². The molecule has 2 heteroatoms. The third-order valence-electron chi connectivity index (χ3n) is 3.03. The molecule has 0 aliphatic heterocycles. The second-order valence-corrected chi connectivity index (χ2v) is 4.88. The Hall–Kier alpha value is -0.340. The van der Waals surface area contributed by atoms with Gasteiger partial charge in [0.1, 0.15) is 0 Å². The second kappa shape index (κ2) is 6.29. The summed E-state index contributed by atoms with van der Waals surface area (Å²) >= 11 is 0. The lowest BCUT2D eigenvalue weighted by molar-refractivity contribution is 0.110. The highest BCUT2D eigenvalue weighted by Crippen LogP contribution is 2.25. The van der Waals surface area contributed by atoms with Gasteiger partial charge in [0.2, 0.25) is 0 Å². The molecular formula is C13H25NO. The summed E-state index contributed by atoms with van der Waals surface area (Å²) in [5.74, 6) is 0. The zero-order chi connectivity index (χ0) is 11.1. The van der Waals surface area contributed by atoms with Gasteiger partial charge in [0.15, 0.2) is 0 Å². The smallest absolute Gasteiger partial charge is 0.0474 e.